The van der Waals surface area contributed by atoms with E-state index < -0.39 is 0 Å². The summed E-state index contributed by atoms with van der Waals surface area (Å²) in [6.07, 6.45) is 7.51. The molecule has 0 aliphatic heterocycles. The first-order chi connectivity index (χ1) is 11.6. The Balaban J connectivity index is 1.71. The van der Waals surface area contributed by atoms with E-state index in [1.807, 2.05) is 36.1 Å². The summed E-state index contributed by atoms with van der Waals surface area (Å²) < 4.78 is 7.36. The molecular formula is C18H23N5O. The molecule has 0 N–H and O–H groups in total. The minimum atomic E-state index is 0.572. The maximum absolute atomic E-state index is 5.53. The molecule has 3 aromatic heterocycles. The zero-order valence-corrected chi connectivity index (χ0v) is 14.4. The Morgan fingerprint density at radius 3 is 2.79 bits per heavy atom. The van der Waals surface area contributed by atoms with E-state index in [1.165, 1.54) is 5.56 Å². The predicted octanol–water partition coefficient (Wildman–Crippen LogP) is 3.13. The molecule has 0 unspecified atom stereocenters. The minimum Gasteiger partial charge on any atom is -0.359 e. The number of aryl methyl sites for hydroxylation is 1. The van der Waals surface area contributed by atoms with Crippen molar-refractivity contribution >= 4 is 0 Å². The molecule has 0 spiro atoms. The van der Waals surface area contributed by atoms with E-state index in [0.29, 0.717) is 5.92 Å². The lowest BCUT2D eigenvalue weighted by Gasteiger charge is -2.22. The van der Waals surface area contributed by atoms with Crippen molar-refractivity contribution in [2.45, 2.75) is 26.9 Å². The molecule has 0 aliphatic carbocycles. The number of aromatic nitrogens is 4. The molecule has 0 radical (unpaired) electrons. The number of hydrogen-bond donors (Lipinski definition) is 0. The Hall–Kier alpha value is -2.47. The Kier molecular flexibility index (Phi) is 5.05. The second-order valence-corrected chi connectivity index (χ2v) is 6.51. The summed E-state index contributed by atoms with van der Waals surface area (Å²) in [6, 6.07) is 5.88. The summed E-state index contributed by atoms with van der Waals surface area (Å²) in [5, 5.41) is 8.42. The average Bonchev–Trinajstić information content (AvgIpc) is 3.17. The van der Waals surface area contributed by atoms with Gasteiger partial charge in [-0.05, 0) is 18.1 Å². The van der Waals surface area contributed by atoms with Gasteiger partial charge in [-0.3, -0.25) is 14.6 Å². The normalized spacial score (nSPS) is 11.5. The van der Waals surface area contributed by atoms with Gasteiger partial charge < -0.3 is 4.52 Å². The van der Waals surface area contributed by atoms with Crippen LogP contribution in [-0.2, 0) is 20.1 Å². The van der Waals surface area contributed by atoms with Gasteiger partial charge in [0.1, 0.15) is 5.69 Å². The molecule has 3 heterocycles. The van der Waals surface area contributed by atoms with Gasteiger partial charge in [-0.2, -0.15) is 5.10 Å². The highest BCUT2D eigenvalue weighted by Gasteiger charge is 2.14. The van der Waals surface area contributed by atoms with Crippen LogP contribution in [0, 0.1) is 5.92 Å². The lowest BCUT2D eigenvalue weighted by molar-refractivity contribution is 0.201. The van der Waals surface area contributed by atoms with Crippen LogP contribution in [0.5, 0.6) is 0 Å². The number of nitrogens with zero attached hydrogens (tertiary/aromatic N) is 5. The molecule has 6 nitrogen and oxygen atoms in total. The quantitative estimate of drug-likeness (QED) is 0.668. The highest BCUT2D eigenvalue weighted by molar-refractivity contribution is 5.57. The van der Waals surface area contributed by atoms with E-state index in [-0.39, 0.29) is 0 Å². The Morgan fingerprint density at radius 1 is 1.25 bits per heavy atom. The van der Waals surface area contributed by atoms with Crippen molar-refractivity contribution in [2.75, 3.05) is 6.54 Å². The molecule has 0 saturated carbocycles. The molecule has 0 saturated heterocycles. The fourth-order valence-corrected chi connectivity index (χ4v) is 2.77. The Bertz CT molecular complexity index is 763. The van der Waals surface area contributed by atoms with Crippen LogP contribution in [0.15, 0.2) is 47.5 Å². The van der Waals surface area contributed by atoms with Gasteiger partial charge in [-0.1, -0.05) is 19.0 Å². The number of rotatable bonds is 7. The maximum atomic E-state index is 5.53. The molecule has 126 valence electrons. The predicted molar refractivity (Wildman–Crippen MR) is 91.9 cm³/mol. The first-order valence-electron chi connectivity index (χ1n) is 8.16. The molecule has 0 fully saturated rings. The van der Waals surface area contributed by atoms with E-state index in [0.717, 1.165) is 36.7 Å². The molecule has 0 amide bonds. The largest absolute Gasteiger partial charge is 0.359 e. The van der Waals surface area contributed by atoms with Gasteiger partial charge in [0.15, 0.2) is 5.76 Å². The second-order valence-electron chi connectivity index (χ2n) is 6.51. The summed E-state index contributed by atoms with van der Waals surface area (Å²) in [5.41, 5.74) is 2.99. The fourth-order valence-electron chi connectivity index (χ4n) is 2.77. The van der Waals surface area contributed by atoms with Gasteiger partial charge in [-0.15, -0.1) is 0 Å². The van der Waals surface area contributed by atoms with Gasteiger partial charge in [0.25, 0.3) is 0 Å². The van der Waals surface area contributed by atoms with E-state index >= 15 is 0 Å². The van der Waals surface area contributed by atoms with Gasteiger partial charge in [-0.25, -0.2) is 0 Å². The third-order valence-electron chi connectivity index (χ3n) is 3.68. The van der Waals surface area contributed by atoms with E-state index in [1.54, 1.807) is 12.4 Å². The van der Waals surface area contributed by atoms with Crippen LogP contribution in [0.25, 0.3) is 11.3 Å². The molecule has 0 aliphatic rings. The van der Waals surface area contributed by atoms with Crippen molar-refractivity contribution in [3.8, 4) is 11.3 Å². The zero-order chi connectivity index (χ0) is 16.9. The van der Waals surface area contributed by atoms with Crippen molar-refractivity contribution < 1.29 is 4.52 Å². The third kappa shape index (κ3) is 4.29. The van der Waals surface area contributed by atoms with E-state index in [2.05, 4.69) is 40.2 Å². The number of hydrogen-bond acceptors (Lipinski definition) is 5. The minimum absolute atomic E-state index is 0.572. The van der Waals surface area contributed by atoms with Crippen molar-refractivity contribution in [1.82, 2.24) is 24.8 Å². The van der Waals surface area contributed by atoms with Crippen molar-refractivity contribution in [1.29, 1.82) is 0 Å². The third-order valence-corrected chi connectivity index (χ3v) is 3.68. The van der Waals surface area contributed by atoms with Gasteiger partial charge in [0.05, 0.1) is 12.7 Å². The van der Waals surface area contributed by atoms with Crippen LogP contribution in [0.3, 0.4) is 0 Å². The fraction of sp³-hybridized carbons (Fsp3) is 0.389. The molecule has 0 aromatic carbocycles. The molecule has 3 rings (SSSR count). The van der Waals surface area contributed by atoms with Crippen LogP contribution < -0.4 is 0 Å². The smallest absolute Gasteiger partial charge is 0.151 e. The van der Waals surface area contributed by atoms with Crippen LogP contribution in [0.2, 0.25) is 0 Å². The van der Waals surface area contributed by atoms with Gasteiger partial charge in [0.2, 0.25) is 0 Å². The van der Waals surface area contributed by atoms with Gasteiger partial charge in [0, 0.05) is 55.9 Å². The standard InChI is InChI=1S/C18H23N5O/c1-14(2)10-23(12-15-8-20-22(3)11-15)13-17-7-18(21-24-17)16-5-4-6-19-9-16/h4-9,11,14H,10,12-13H2,1-3H3. The SMILES string of the molecule is CC(C)CN(Cc1cnn(C)c1)Cc1cc(-c2cccnc2)no1. The van der Waals surface area contributed by atoms with Crippen LogP contribution >= 0.6 is 0 Å². The first kappa shape index (κ1) is 16.4. The topological polar surface area (TPSA) is 60.0 Å². The summed E-state index contributed by atoms with van der Waals surface area (Å²) >= 11 is 0. The summed E-state index contributed by atoms with van der Waals surface area (Å²) in [7, 11) is 1.94. The first-order valence-corrected chi connectivity index (χ1v) is 8.16. The molecule has 6 heteroatoms. The Labute approximate surface area is 142 Å². The molecule has 24 heavy (non-hydrogen) atoms. The monoisotopic (exact) mass is 325 g/mol. The van der Waals surface area contributed by atoms with Crippen LogP contribution in [-0.4, -0.2) is 31.4 Å². The zero-order valence-electron chi connectivity index (χ0n) is 14.4. The van der Waals surface area contributed by atoms with Crippen molar-refractivity contribution in [2.24, 2.45) is 13.0 Å². The van der Waals surface area contributed by atoms with Crippen LogP contribution in [0.4, 0.5) is 0 Å². The van der Waals surface area contributed by atoms with E-state index in [9.17, 15) is 0 Å². The van der Waals surface area contributed by atoms with E-state index in [4.69, 9.17) is 4.52 Å². The van der Waals surface area contributed by atoms with Crippen LogP contribution in [0.1, 0.15) is 25.2 Å². The molecule has 0 bridgehead atoms. The van der Waals surface area contributed by atoms with Crippen molar-refractivity contribution in [3.05, 3.63) is 54.3 Å². The summed E-state index contributed by atoms with van der Waals surface area (Å²) in [6.45, 7) is 6.99. The lowest BCUT2D eigenvalue weighted by Crippen LogP contribution is -2.26. The number of pyridine rings is 1. The average molecular weight is 325 g/mol. The highest BCUT2D eigenvalue weighted by atomic mass is 16.5. The second kappa shape index (κ2) is 7.40. The highest BCUT2D eigenvalue weighted by Crippen LogP contribution is 2.19. The molecule has 3 aromatic rings. The summed E-state index contributed by atoms with van der Waals surface area (Å²) in [5.74, 6) is 1.43. The molecular weight excluding hydrogens is 302 g/mol. The van der Waals surface area contributed by atoms with Crippen molar-refractivity contribution in [3.63, 3.8) is 0 Å². The maximum Gasteiger partial charge on any atom is 0.151 e. The van der Waals surface area contributed by atoms with Gasteiger partial charge >= 0.3 is 0 Å². The summed E-state index contributed by atoms with van der Waals surface area (Å²) in [4.78, 5) is 6.48. The Morgan fingerprint density at radius 2 is 2.12 bits per heavy atom. The molecule has 0 atom stereocenters. The lowest BCUT2D eigenvalue weighted by atomic mass is 10.1.